The second-order valence-corrected chi connectivity index (χ2v) is 10.2. The molecule has 2 aromatic rings. The van der Waals surface area contributed by atoms with Crippen molar-refractivity contribution in [2.45, 2.75) is 31.1 Å². The highest BCUT2D eigenvalue weighted by Gasteiger charge is 2.26. The standard InChI is InChI=1S/C24H30N4O4S/c1-19(20-8-10-22(11-9-20)27-14-16-32-17-15-27)25-26-24(29)21-6-5-7-23(18-21)33(30,31)28-12-3-2-4-13-28/h5-11,18H,2-4,12-17H2,1H3,(H,26,29)/b25-19+. The first-order chi connectivity index (χ1) is 15.9. The summed E-state index contributed by atoms with van der Waals surface area (Å²) in [5.74, 6) is -0.449. The van der Waals surface area contributed by atoms with Crippen molar-refractivity contribution in [3.8, 4) is 0 Å². The van der Waals surface area contributed by atoms with E-state index in [2.05, 4.69) is 15.4 Å². The molecule has 0 unspecified atom stereocenters. The molecule has 4 rings (SSSR count). The number of hydrazone groups is 1. The quantitative estimate of drug-likeness (QED) is 0.518. The molecular weight excluding hydrogens is 440 g/mol. The van der Waals surface area contributed by atoms with Gasteiger partial charge in [-0.25, -0.2) is 13.8 Å². The van der Waals surface area contributed by atoms with E-state index >= 15 is 0 Å². The summed E-state index contributed by atoms with van der Waals surface area (Å²) in [5.41, 5.74) is 5.49. The average Bonchev–Trinajstić information content (AvgIpc) is 2.88. The molecule has 0 radical (unpaired) electrons. The third kappa shape index (κ3) is 5.61. The number of amides is 1. The van der Waals surface area contributed by atoms with Crippen LogP contribution in [0.3, 0.4) is 0 Å². The Labute approximate surface area is 195 Å². The largest absolute Gasteiger partial charge is 0.378 e. The van der Waals surface area contributed by atoms with Gasteiger partial charge in [-0.1, -0.05) is 24.6 Å². The Morgan fingerprint density at radius 2 is 1.64 bits per heavy atom. The summed E-state index contributed by atoms with van der Waals surface area (Å²) in [6.45, 7) is 6.06. The fraction of sp³-hybridized carbons (Fsp3) is 0.417. The average molecular weight is 471 g/mol. The molecule has 2 fully saturated rings. The molecule has 2 aliphatic rings. The molecule has 2 aliphatic heterocycles. The molecule has 9 heteroatoms. The number of nitrogens with one attached hydrogen (secondary N) is 1. The summed E-state index contributed by atoms with van der Waals surface area (Å²) in [7, 11) is -3.60. The predicted octanol–water partition coefficient (Wildman–Crippen LogP) is 2.85. The first-order valence-electron chi connectivity index (χ1n) is 11.3. The van der Waals surface area contributed by atoms with Crippen molar-refractivity contribution in [3.05, 3.63) is 59.7 Å². The van der Waals surface area contributed by atoms with Gasteiger partial charge < -0.3 is 9.64 Å². The summed E-state index contributed by atoms with van der Waals surface area (Å²) in [6.07, 6.45) is 2.77. The van der Waals surface area contributed by atoms with Crippen LogP contribution in [-0.2, 0) is 14.8 Å². The van der Waals surface area contributed by atoms with Gasteiger partial charge in [0.15, 0.2) is 0 Å². The molecule has 33 heavy (non-hydrogen) atoms. The topological polar surface area (TPSA) is 91.3 Å². The SMILES string of the molecule is C/C(=N\NC(=O)c1cccc(S(=O)(=O)N2CCCCC2)c1)c1ccc(N2CCOCC2)cc1. The molecule has 1 N–H and O–H groups in total. The van der Waals surface area contributed by atoms with E-state index in [1.807, 2.05) is 31.2 Å². The van der Waals surface area contributed by atoms with Crippen LogP contribution in [0.25, 0.3) is 0 Å². The number of piperidine rings is 1. The van der Waals surface area contributed by atoms with Gasteiger partial charge in [0.2, 0.25) is 10.0 Å². The molecule has 2 aromatic carbocycles. The zero-order chi connectivity index (χ0) is 23.3. The molecule has 0 bridgehead atoms. The Balaban J connectivity index is 1.42. The van der Waals surface area contributed by atoms with Crippen LogP contribution in [0.2, 0.25) is 0 Å². The van der Waals surface area contributed by atoms with E-state index in [1.54, 1.807) is 12.1 Å². The zero-order valence-corrected chi connectivity index (χ0v) is 19.7. The zero-order valence-electron chi connectivity index (χ0n) is 18.9. The number of morpholine rings is 1. The Hall–Kier alpha value is -2.75. The Kier molecular flexibility index (Phi) is 7.42. The first-order valence-corrected chi connectivity index (χ1v) is 12.8. The smallest absolute Gasteiger partial charge is 0.271 e. The van der Waals surface area contributed by atoms with E-state index in [-0.39, 0.29) is 10.5 Å². The lowest BCUT2D eigenvalue weighted by atomic mass is 10.1. The second kappa shape index (κ2) is 10.5. The van der Waals surface area contributed by atoms with E-state index in [9.17, 15) is 13.2 Å². The monoisotopic (exact) mass is 470 g/mol. The van der Waals surface area contributed by atoms with Gasteiger partial charge in [0.25, 0.3) is 5.91 Å². The minimum atomic E-state index is -3.60. The summed E-state index contributed by atoms with van der Waals surface area (Å²) in [4.78, 5) is 15.1. The van der Waals surface area contributed by atoms with Crippen LogP contribution in [0.5, 0.6) is 0 Å². The van der Waals surface area contributed by atoms with E-state index in [1.165, 1.54) is 16.4 Å². The molecule has 1 amide bonds. The molecule has 0 spiro atoms. The summed E-state index contributed by atoms with van der Waals surface area (Å²) in [5, 5.41) is 4.22. The van der Waals surface area contributed by atoms with Crippen molar-refractivity contribution in [1.29, 1.82) is 0 Å². The predicted molar refractivity (Wildman–Crippen MR) is 128 cm³/mol. The molecule has 0 saturated carbocycles. The van der Waals surface area contributed by atoms with Gasteiger partial charge in [0.05, 0.1) is 23.8 Å². The Bertz CT molecular complexity index is 1100. The Morgan fingerprint density at radius 3 is 2.33 bits per heavy atom. The molecule has 8 nitrogen and oxygen atoms in total. The normalized spacial score (nSPS) is 18.2. The van der Waals surface area contributed by atoms with Crippen molar-refractivity contribution in [1.82, 2.24) is 9.73 Å². The van der Waals surface area contributed by atoms with E-state index in [0.29, 0.717) is 18.8 Å². The van der Waals surface area contributed by atoms with Gasteiger partial charge in [-0.15, -0.1) is 0 Å². The molecule has 0 aromatic heterocycles. The number of nitrogens with zero attached hydrogens (tertiary/aromatic N) is 3. The van der Waals surface area contributed by atoms with Gasteiger partial charge in [-0.05, 0) is 55.7 Å². The number of carbonyl (C=O) groups excluding carboxylic acids is 1. The molecule has 176 valence electrons. The molecule has 0 atom stereocenters. The lowest BCUT2D eigenvalue weighted by Crippen LogP contribution is -2.36. The number of carbonyl (C=O) groups is 1. The minimum Gasteiger partial charge on any atom is -0.378 e. The molecule has 2 saturated heterocycles. The van der Waals surface area contributed by atoms with Gasteiger partial charge in [-0.2, -0.15) is 9.41 Å². The van der Waals surface area contributed by atoms with Crippen LogP contribution in [-0.4, -0.2) is 63.7 Å². The van der Waals surface area contributed by atoms with Crippen LogP contribution >= 0.6 is 0 Å². The highest BCUT2D eigenvalue weighted by molar-refractivity contribution is 7.89. The lowest BCUT2D eigenvalue weighted by molar-refractivity contribution is 0.0954. The number of anilines is 1. The summed E-state index contributed by atoms with van der Waals surface area (Å²) >= 11 is 0. The van der Waals surface area contributed by atoms with Crippen molar-refractivity contribution >= 4 is 27.3 Å². The van der Waals surface area contributed by atoms with Crippen LogP contribution in [0, 0.1) is 0 Å². The fourth-order valence-corrected chi connectivity index (χ4v) is 5.61. The number of hydrogen-bond donors (Lipinski definition) is 1. The van der Waals surface area contributed by atoms with Crippen LogP contribution < -0.4 is 10.3 Å². The molecular formula is C24H30N4O4S. The summed E-state index contributed by atoms with van der Waals surface area (Å²) < 4.78 is 32.7. The maximum absolute atomic E-state index is 12.9. The van der Waals surface area contributed by atoms with Gasteiger partial charge >= 0.3 is 0 Å². The lowest BCUT2D eigenvalue weighted by Gasteiger charge is -2.28. The van der Waals surface area contributed by atoms with Gasteiger partial charge in [-0.3, -0.25) is 4.79 Å². The highest BCUT2D eigenvalue weighted by atomic mass is 32.2. The van der Waals surface area contributed by atoms with E-state index < -0.39 is 15.9 Å². The number of rotatable bonds is 6. The number of benzene rings is 2. The van der Waals surface area contributed by atoms with Gasteiger partial charge in [0.1, 0.15) is 0 Å². The maximum Gasteiger partial charge on any atom is 0.271 e. The first kappa shape index (κ1) is 23.4. The van der Waals surface area contributed by atoms with Crippen molar-refractivity contribution < 1.29 is 17.9 Å². The number of hydrogen-bond acceptors (Lipinski definition) is 6. The third-order valence-corrected chi connectivity index (χ3v) is 7.93. The van der Waals surface area contributed by atoms with Crippen molar-refractivity contribution in [2.24, 2.45) is 5.10 Å². The third-order valence-electron chi connectivity index (χ3n) is 6.04. The van der Waals surface area contributed by atoms with Crippen LogP contribution in [0.4, 0.5) is 5.69 Å². The molecule has 0 aliphatic carbocycles. The van der Waals surface area contributed by atoms with Crippen LogP contribution in [0.15, 0.2) is 58.5 Å². The number of ether oxygens (including phenoxy) is 1. The van der Waals surface area contributed by atoms with Crippen molar-refractivity contribution in [3.63, 3.8) is 0 Å². The minimum absolute atomic E-state index is 0.136. The Morgan fingerprint density at radius 1 is 0.939 bits per heavy atom. The van der Waals surface area contributed by atoms with E-state index in [0.717, 1.165) is 56.8 Å². The van der Waals surface area contributed by atoms with E-state index in [4.69, 9.17) is 4.74 Å². The highest BCUT2D eigenvalue weighted by Crippen LogP contribution is 2.21. The fourth-order valence-electron chi connectivity index (χ4n) is 4.05. The van der Waals surface area contributed by atoms with Crippen LogP contribution in [0.1, 0.15) is 42.1 Å². The molecule has 2 heterocycles. The maximum atomic E-state index is 12.9. The second-order valence-electron chi connectivity index (χ2n) is 8.28. The van der Waals surface area contributed by atoms with Gasteiger partial charge in [0, 0.05) is 37.4 Å². The van der Waals surface area contributed by atoms with Crippen molar-refractivity contribution in [2.75, 3.05) is 44.3 Å². The number of sulfonamides is 1. The summed E-state index contributed by atoms with van der Waals surface area (Å²) in [6, 6.07) is 14.2.